The van der Waals surface area contributed by atoms with Crippen molar-refractivity contribution in [1.29, 1.82) is 0 Å². The number of carbonyl (C=O) groups is 1. The number of benzene rings is 2. The van der Waals surface area contributed by atoms with Crippen LogP contribution >= 0.6 is 0 Å². The van der Waals surface area contributed by atoms with E-state index in [-0.39, 0.29) is 5.97 Å². The fourth-order valence-corrected chi connectivity index (χ4v) is 3.02. The van der Waals surface area contributed by atoms with E-state index in [2.05, 4.69) is 72.7 Å². The molecule has 154 valence electrons. The zero-order valence-corrected chi connectivity index (χ0v) is 19.0. The Morgan fingerprint density at radius 2 is 1.43 bits per heavy atom. The van der Waals surface area contributed by atoms with Crippen LogP contribution in [0.4, 0.5) is 0 Å². The van der Waals surface area contributed by atoms with Crippen LogP contribution < -0.4 is 4.74 Å². The predicted molar refractivity (Wildman–Crippen MR) is 120 cm³/mol. The third kappa shape index (κ3) is 8.29. The third-order valence-electron chi connectivity index (χ3n) is 4.94. The number of esters is 1. The van der Waals surface area contributed by atoms with Crippen LogP contribution in [0.3, 0.4) is 0 Å². The standard InChI is InChI=1S/C15H24.C11H14O2/c1-11(2)10-14-6-8-15(9-7-14)13(5)12(3)4;1-8(2)10-6-4-5-7-11(10)13-9(3)12/h6-9,11-13H,10H2,1-5H3;4-8H,1-3H3. The first kappa shape index (κ1) is 23.9. The number of hydrogen-bond donors (Lipinski definition) is 0. The van der Waals surface area contributed by atoms with Gasteiger partial charge in [-0.25, -0.2) is 0 Å². The Bertz CT molecular complexity index is 711. The average molecular weight is 383 g/mol. The second-order valence-corrected chi connectivity index (χ2v) is 8.66. The predicted octanol–water partition coefficient (Wildman–Crippen LogP) is 7.38. The molecule has 0 aliphatic rings. The highest BCUT2D eigenvalue weighted by atomic mass is 16.5. The van der Waals surface area contributed by atoms with E-state index in [1.165, 1.54) is 24.5 Å². The van der Waals surface area contributed by atoms with Crippen molar-refractivity contribution in [3.05, 3.63) is 65.2 Å². The smallest absolute Gasteiger partial charge is 0.308 e. The van der Waals surface area contributed by atoms with Crippen LogP contribution in [0.5, 0.6) is 5.75 Å². The molecule has 0 heterocycles. The van der Waals surface area contributed by atoms with Gasteiger partial charge in [-0.05, 0) is 52.8 Å². The van der Waals surface area contributed by atoms with Gasteiger partial charge >= 0.3 is 5.97 Å². The first-order valence-electron chi connectivity index (χ1n) is 10.5. The molecule has 28 heavy (non-hydrogen) atoms. The van der Waals surface area contributed by atoms with E-state index in [0.29, 0.717) is 17.6 Å². The molecule has 2 rings (SSSR count). The lowest BCUT2D eigenvalue weighted by molar-refractivity contribution is -0.131. The van der Waals surface area contributed by atoms with Crippen molar-refractivity contribution < 1.29 is 9.53 Å². The molecule has 2 heteroatoms. The maximum Gasteiger partial charge on any atom is 0.308 e. The molecule has 0 saturated carbocycles. The summed E-state index contributed by atoms with van der Waals surface area (Å²) in [7, 11) is 0. The molecular weight excluding hydrogens is 344 g/mol. The van der Waals surface area contributed by atoms with Crippen LogP contribution in [0.1, 0.15) is 83.9 Å². The summed E-state index contributed by atoms with van der Waals surface area (Å²) in [5, 5.41) is 0. The highest BCUT2D eigenvalue weighted by molar-refractivity contribution is 5.69. The minimum absolute atomic E-state index is 0.270. The van der Waals surface area contributed by atoms with Crippen LogP contribution in [0.15, 0.2) is 48.5 Å². The summed E-state index contributed by atoms with van der Waals surface area (Å²) in [5.74, 6) is 2.91. The lowest BCUT2D eigenvalue weighted by atomic mass is 9.89. The fourth-order valence-electron chi connectivity index (χ4n) is 3.02. The van der Waals surface area contributed by atoms with Crippen molar-refractivity contribution in [2.45, 2.75) is 73.6 Å². The number of hydrogen-bond acceptors (Lipinski definition) is 2. The Morgan fingerprint density at radius 3 is 1.89 bits per heavy atom. The van der Waals surface area contributed by atoms with E-state index in [0.717, 1.165) is 17.4 Å². The molecule has 0 amide bonds. The molecule has 0 aliphatic carbocycles. The molecule has 0 fully saturated rings. The summed E-state index contributed by atoms with van der Waals surface area (Å²) in [6, 6.07) is 16.8. The van der Waals surface area contributed by atoms with Gasteiger partial charge < -0.3 is 4.74 Å². The Balaban J connectivity index is 0.000000283. The second-order valence-electron chi connectivity index (χ2n) is 8.66. The van der Waals surface area contributed by atoms with Crippen molar-refractivity contribution in [3.63, 3.8) is 0 Å². The Hall–Kier alpha value is -2.09. The molecule has 0 aromatic heterocycles. The van der Waals surface area contributed by atoms with Crippen LogP contribution in [0.2, 0.25) is 0 Å². The zero-order chi connectivity index (χ0) is 21.3. The SMILES string of the molecule is CC(=O)Oc1ccccc1C(C)C.CC(C)Cc1ccc(C(C)C(C)C)cc1. The summed E-state index contributed by atoms with van der Waals surface area (Å²) in [4.78, 5) is 10.8. The second kappa shape index (κ2) is 11.7. The van der Waals surface area contributed by atoms with Gasteiger partial charge in [-0.15, -0.1) is 0 Å². The zero-order valence-electron chi connectivity index (χ0n) is 19.0. The van der Waals surface area contributed by atoms with Gasteiger partial charge in [0.15, 0.2) is 0 Å². The van der Waals surface area contributed by atoms with Crippen molar-refractivity contribution in [2.24, 2.45) is 11.8 Å². The molecule has 1 atom stereocenters. The molecule has 0 aliphatic heterocycles. The average Bonchev–Trinajstić information content (AvgIpc) is 2.61. The van der Waals surface area contributed by atoms with Gasteiger partial charge in [0.2, 0.25) is 0 Å². The van der Waals surface area contributed by atoms with E-state index < -0.39 is 0 Å². The number of rotatable bonds is 6. The van der Waals surface area contributed by atoms with Gasteiger partial charge in [0, 0.05) is 6.92 Å². The highest BCUT2D eigenvalue weighted by Crippen LogP contribution is 2.26. The number of ether oxygens (including phenoxy) is 1. The molecular formula is C26H38O2. The van der Waals surface area contributed by atoms with Crippen LogP contribution in [-0.2, 0) is 11.2 Å². The summed E-state index contributed by atoms with van der Waals surface area (Å²) >= 11 is 0. The molecule has 2 nitrogen and oxygen atoms in total. The van der Waals surface area contributed by atoms with Crippen molar-refractivity contribution in [2.75, 3.05) is 0 Å². The van der Waals surface area contributed by atoms with Gasteiger partial charge in [-0.3, -0.25) is 4.79 Å². The molecule has 0 N–H and O–H groups in total. The Morgan fingerprint density at radius 1 is 0.857 bits per heavy atom. The topological polar surface area (TPSA) is 26.3 Å². The van der Waals surface area contributed by atoms with Crippen LogP contribution in [-0.4, -0.2) is 5.97 Å². The molecule has 2 aromatic rings. The van der Waals surface area contributed by atoms with Crippen molar-refractivity contribution in [1.82, 2.24) is 0 Å². The van der Waals surface area contributed by atoms with Crippen LogP contribution in [0, 0.1) is 11.8 Å². The maximum atomic E-state index is 10.8. The van der Waals surface area contributed by atoms with Gasteiger partial charge in [0.1, 0.15) is 5.75 Å². The van der Waals surface area contributed by atoms with Gasteiger partial charge in [0.25, 0.3) is 0 Å². The molecule has 1 unspecified atom stereocenters. The molecule has 2 aromatic carbocycles. The fraction of sp³-hybridized carbons (Fsp3) is 0.500. The summed E-state index contributed by atoms with van der Waals surface area (Å²) in [6.07, 6.45) is 1.19. The van der Waals surface area contributed by atoms with E-state index in [4.69, 9.17) is 4.74 Å². The lowest BCUT2D eigenvalue weighted by Crippen LogP contribution is -2.04. The quantitative estimate of drug-likeness (QED) is 0.385. The van der Waals surface area contributed by atoms with E-state index >= 15 is 0 Å². The minimum atomic E-state index is -0.270. The molecule has 0 radical (unpaired) electrons. The largest absolute Gasteiger partial charge is 0.426 e. The van der Waals surface area contributed by atoms with E-state index in [9.17, 15) is 4.79 Å². The van der Waals surface area contributed by atoms with Crippen LogP contribution in [0.25, 0.3) is 0 Å². The molecule has 0 bridgehead atoms. The van der Waals surface area contributed by atoms with Gasteiger partial charge in [-0.2, -0.15) is 0 Å². The normalized spacial score (nSPS) is 12.0. The Labute approximate surface area is 172 Å². The highest BCUT2D eigenvalue weighted by Gasteiger charge is 2.09. The van der Waals surface area contributed by atoms with E-state index in [1.807, 2.05) is 24.3 Å². The summed E-state index contributed by atoms with van der Waals surface area (Å²) in [6.45, 7) is 17.0. The Kier molecular flexibility index (Phi) is 9.99. The maximum absolute atomic E-state index is 10.8. The monoisotopic (exact) mass is 382 g/mol. The van der Waals surface area contributed by atoms with Gasteiger partial charge in [-0.1, -0.05) is 90.9 Å². The first-order chi connectivity index (χ1) is 13.1. The minimum Gasteiger partial charge on any atom is -0.426 e. The summed E-state index contributed by atoms with van der Waals surface area (Å²) < 4.78 is 5.07. The summed E-state index contributed by atoms with van der Waals surface area (Å²) in [5.41, 5.74) is 4.00. The molecule has 0 spiro atoms. The van der Waals surface area contributed by atoms with Gasteiger partial charge in [0.05, 0.1) is 0 Å². The lowest BCUT2D eigenvalue weighted by Gasteiger charge is -2.16. The number of para-hydroxylation sites is 1. The third-order valence-corrected chi connectivity index (χ3v) is 4.94. The van der Waals surface area contributed by atoms with Crippen molar-refractivity contribution in [3.8, 4) is 5.75 Å². The first-order valence-corrected chi connectivity index (χ1v) is 10.5. The van der Waals surface area contributed by atoms with Crippen molar-refractivity contribution >= 4 is 5.97 Å². The van der Waals surface area contributed by atoms with E-state index in [1.54, 1.807) is 0 Å². The number of carbonyl (C=O) groups excluding carboxylic acids is 1. The molecule has 0 saturated heterocycles.